The first-order valence-corrected chi connectivity index (χ1v) is 15.9. The number of aryl methyl sites for hydroxylation is 1. The van der Waals surface area contributed by atoms with Gasteiger partial charge in [-0.15, -0.1) is 0 Å². The summed E-state index contributed by atoms with van der Waals surface area (Å²) in [5.41, 5.74) is 2.18. The molecule has 2 aromatic carbocycles. The largest absolute Gasteiger partial charge is 0.322 e. The van der Waals surface area contributed by atoms with Crippen LogP contribution in [-0.2, 0) is 23.1 Å². The molecule has 204 valence electrons. The summed E-state index contributed by atoms with van der Waals surface area (Å²) >= 11 is 0. The lowest BCUT2D eigenvalue weighted by Crippen LogP contribution is -2.08. The summed E-state index contributed by atoms with van der Waals surface area (Å²) in [4.78, 5) is 4.70. The van der Waals surface area contributed by atoms with E-state index >= 15 is 0 Å². The molecule has 0 radical (unpaired) electrons. The van der Waals surface area contributed by atoms with Crippen LogP contribution in [0.15, 0.2) is 53.4 Å². The second-order valence-electron chi connectivity index (χ2n) is 10.4. The predicted octanol–water partition coefficient (Wildman–Crippen LogP) is 8.75. The van der Waals surface area contributed by atoms with Gasteiger partial charge in [-0.05, 0) is 24.1 Å². The number of rotatable bonds is 19. The van der Waals surface area contributed by atoms with Gasteiger partial charge in [0.15, 0.2) is 0 Å². The quantitative estimate of drug-likeness (QED) is 0.125. The summed E-state index contributed by atoms with van der Waals surface area (Å²) in [6, 6.07) is 14.9. The van der Waals surface area contributed by atoms with Crippen molar-refractivity contribution in [1.29, 1.82) is 0 Å². The Morgan fingerprint density at radius 1 is 0.703 bits per heavy atom. The highest BCUT2D eigenvalue weighted by molar-refractivity contribution is 7.86. The van der Waals surface area contributed by atoms with Gasteiger partial charge in [0, 0.05) is 13.0 Å². The van der Waals surface area contributed by atoms with Crippen LogP contribution in [0, 0.1) is 0 Å². The standard InChI is InChI=1S/C31H46N2O3S/c1-2-3-4-5-6-7-8-9-10-11-12-13-14-15-19-25-30-32-28-23-20-24-29(37(34,35)36)31(28)33(30)26-27-21-17-16-18-22-27/h16-18,20-24H,2-15,19,25-26H2,1H3,(H,34,35,36). The molecule has 0 atom stereocenters. The normalized spacial score (nSPS) is 11.9. The average molecular weight is 527 g/mol. The van der Waals surface area contributed by atoms with Gasteiger partial charge in [0.1, 0.15) is 10.7 Å². The number of hydrogen-bond donors (Lipinski definition) is 1. The average Bonchev–Trinajstić information content (AvgIpc) is 3.23. The molecule has 5 nitrogen and oxygen atoms in total. The van der Waals surface area contributed by atoms with E-state index < -0.39 is 10.1 Å². The van der Waals surface area contributed by atoms with Gasteiger partial charge in [0.05, 0.1) is 11.0 Å². The fourth-order valence-corrected chi connectivity index (χ4v) is 5.90. The first-order chi connectivity index (χ1) is 18.0. The van der Waals surface area contributed by atoms with Gasteiger partial charge in [-0.25, -0.2) is 4.98 Å². The first kappa shape index (κ1) is 29.4. The zero-order valence-corrected chi connectivity index (χ0v) is 23.5. The Morgan fingerprint density at radius 3 is 1.78 bits per heavy atom. The fourth-order valence-electron chi connectivity index (χ4n) is 5.19. The van der Waals surface area contributed by atoms with Crippen LogP contribution in [0.2, 0.25) is 0 Å². The molecule has 3 rings (SSSR count). The third kappa shape index (κ3) is 9.90. The molecule has 0 fully saturated rings. The molecule has 1 aromatic heterocycles. The summed E-state index contributed by atoms with van der Waals surface area (Å²) in [5.74, 6) is 0.879. The number of imidazole rings is 1. The van der Waals surface area contributed by atoms with Crippen molar-refractivity contribution in [2.24, 2.45) is 0 Å². The summed E-state index contributed by atoms with van der Waals surface area (Å²) in [6.07, 6.45) is 20.7. The van der Waals surface area contributed by atoms with E-state index in [0.29, 0.717) is 17.6 Å². The lowest BCUT2D eigenvalue weighted by Gasteiger charge is -2.11. The number of fused-ring (bicyclic) bond motifs is 1. The third-order valence-electron chi connectivity index (χ3n) is 7.27. The maximum Gasteiger partial charge on any atom is 0.296 e. The van der Waals surface area contributed by atoms with Gasteiger partial charge in [0.25, 0.3) is 10.1 Å². The van der Waals surface area contributed by atoms with Crippen molar-refractivity contribution in [2.45, 2.75) is 121 Å². The monoisotopic (exact) mass is 526 g/mol. The van der Waals surface area contributed by atoms with Crippen LogP contribution in [0.4, 0.5) is 0 Å². The number of para-hydroxylation sites is 1. The highest BCUT2D eigenvalue weighted by atomic mass is 32.2. The van der Waals surface area contributed by atoms with E-state index in [1.54, 1.807) is 6.07 Å². The van der Waals surface area contributed by atoms with E-state index in [2.05, 4.69) is 6.92 Å². The Kier molecular flexibility index (Phi) is 12.6. The lowest BCUT2D eigenvalue weighted by molar-refractivity contribution is 0.483. The van der Waals surface area contributed by atoms with Crippen molar-refractivity contribution in [3.8, 4) is 0 Å². The van der Waals surface area contributed by atoms with Crippen LogP contribution in [0.25, 0.3) is 11.0 Å². The maximum atomic E-state index is 12.1. The zero-order chi connectivity index (χ0) is 26.3. The van der Waals surface area contributed by atoms with E-state index in [-0.39, 0.29) is 4.90 Å². The van der Waals surface area contributed by atoms with E-state index in [0.717, 1.165) is 30.7 Å². The molecule has 1 N–H and O–H groups in total. The van der Waals surface area contributed by atoms with Crippen molar-refractivity contribution in [3.63, 3.8) is 0 Å². The third-order valence-corrected chi connectivity index (χ3v) is 8.16. The molecule has 0 saturated carbocycles. The van der Waals surface area contributed by atoms with Crippen LogP contribution < -0.4 is 0 Å². The van der Waals surface area contributed by atoms with E-state index in [1.165, 1.54) is 89.5 Å². The second-order valence-corrected chi connectivity index (χ2v) is 11.8. The number of hydrogen-bond acceptors (Lipinski definition) is 3. The van der Waals surface area contributed by atoms with Gasteiger partial charge in [-0.3, -0.25) is 4.55 Å². The molecule has 3 aromatic rings. The minimum absolute atomic E-state index is 0.0730. The van der Waals surface area contributed by atoms with Gasteiger partial charge in [-0.2, -0.15) is 8.42 Å². The summed E-state index contributed by atoms with van der Waals surface area (Å²) in [7, 11) is -4.34. The smallest absolute Gasteiger partial charge is 0.296 e. The second kappa shape index (κ2) is 15.9. The van der Waals surface area contributed by atoms with Crippen LogP contribution in [0.1, 0.15) is 115 Å². The number of unbranched alkanes of at least 4 members (excludes halogenated alkanes) is 14. The molecular formula is C31H46N2O3S. The van der Waals surface area contributed by atoms with E-state index in [4.69, 9.17) is 4.98 Å². The minimum atomic E-state index is -4.34. The summed E-state index contributed by atoms with van der Waals surface area (Å²) < 4.78 is 36.0. The highest BCUT2D eigenvalue weighted by Gasteiger charge is 2.20. The van der Waals surface area contributed by atoms with E-state index in [9.17, 15) is 13.0 Å². The van der Waals surface area contributed by atoms with Gasteiger partial charge in [-0.1, -0.05) is 133 Å². The Morgan fingerprint density at radius 2 is 1.24 bits per heavy atom. The molecule has 0 aliphatic carbocycles. The van der Waals surface area contributed by atoms with Crippen molar-refractivity contribution in [1.82, 2.24) is 9.55 Å². The maximum absolute atomic E-state index is 12.1. The molecule has 1 heterocycles. The van der Waals surface area contributed by atoms with Crippen LogP contribution in [-0.4, -0.2) is 22.5 Å². The van der Waals surface area contributed by atoms with Gasteiger partial charge >= 0.3 is 0 Å². The molecule has 0 spiro atoms. The zero-order valence-electron chi connectivity index (χ0n) is 22.7. The fraction of sp³-hybridized carbons (Fsp3) is 0.581. The Labute approximate surface area is 224 Å². The molecule has 0 bridgehead atoms. The molecule has 0 unspecified atom stereocenters. The molecule has 0 aliphatic heterocycles. The number of benzene rings is 2. The van der Waals surface area contributed by atoms with Gasteiger partial charge < -0.3 is 4.57 Å². The van der Waals surface area contributed by atoms with Crippen LogP contribution in [0.3, 0.4) is 0 Å². The number of aromatic nitrogens is 2. The Balaban J connectivity index is 1.44. The predicted molar refractivity (Wildman–Crippen MR) is 154 cm³/mol. The summed E-state index contributed by atoms with van der Waals surface area (Å²) in [5, 5.41) is 0. The molecular weight excluding hydrogens is 480 g/mol. The van der Waals surface area contributed by atoms with Crippen molar-refractivity contribution >= 4 is 21.2 Å². The topological polar surface area (TPSA) is 72.2 Å². The van der Waals surface area contributed by atoms with Crippen LogP contribution in [0.5, 0.6) is 0 Å². The van der Waals surface area contributed by atoms with Gasteiger partial charge in [0.2, 0.25) is 0 Å². The number of nitrogens with zero attached hydrogens (tertiary/aromatic N) is 2. The Bertz CT molecular complexity index is 1160. The SMILES string of the molecule is CCCCCCCCCCCCCCCCCc1nc2cccc(S(=O)(=O)O)c2n1Cc1ccccc1. The molecule has 6 heteroatoms. The lowest BCUT2D eigenvalue weighted by atomic mass is 10.0. The van der Waals surface area contributed by atoms with Crippen molar-refractivity contribution in [2.75, 3.05) is 0 Å². The summed E-state index contributed by atoms with van der Waals surface area (Å²) in [6.45, 7) is 2.80. The highest BCUT2D eigenvalue weighted by Crippen LogP contribution is 2.26. The van der Waals surface area contributed by atoms with Crippen molar-refractivity contribution in [3.05, 3.63) is 59.9 Å². The molecule has 0 amide bonds. The minimum Gasteiger partial charge on any atom is -0.322 e. The molecule has 0 saturated heterocycles. The van der Waals surface area contributed by atoms with Crippen molar-refractivity contribution < 1.29 is 13.0 Å². The molecule has 37 heavy (non-hydrogen) atoms. The Hall–Kier alpha value is -2.18. The van der Waals surface area contributed by atoms with E-state index in [1.807, 2.05) is 41.0 Å². The molecule has 0 aliphatic rings. The van der Waals surface area contributed by atoms with Crippen LogP contribution >= 0.6 is 0 Å². The first-order valence-electron chi connectivity index (χ1n) is 14.5.